The van der Waals surface area contributed by atoms with Crippen molar-refractivity contribution in [1.82, 2.24) is 0 Å². The predicted octanol–water partition coefficient (Wildman–Crippen LogP) is 1.43. The third-order valence-electron chi connectivity index (χ3n) is 2.41. The van der Waals surface area contributed by atoms with Gasteiger partial charge in [-0.05, 0) is 12.0 Å². The summed E-state index contributed by atoms with van der Waals surface area (Å²) >= 11 is 0. The maximum Gasteiger partial charge on any atom is 0.306 e. The number of benzene rings is 1. The monoisotopic (exact) mass is 192 g/mol. The highest BCUT2D eigenvalue weighted by Crippen LogP contribution is 2.26. The molecule has 3 nitrogen and oxygen atoms in total. The summed E-state index contributed by atoms with van der Waals surface area (Å²) in [5, 5.41) is 9.86. The van der Waals surface area contributed by atoms with Crippen molar-refractivity contribution in [2.45, 2.75) is 25.0 Å². The van der Waals surface area contributed by atoms with E-state index >= 15 is 0 Å². The van der Waals surface area contributed by atoms with E-state index in [0.29, 0.717) is 12.8 Å². The molecule has 2 atom stereocenters. The van der Waals surface area contributed by atoms with Gasteiger partial charge in [0.2, 0.25) is 0 Å². The largest absolute Gasteiger partial charge is 0.459 e. The van der Waals surface area contributed by atoms with E-state index in [9.17, 15) is 9.90 Å². The Bertz CT molecular complexity index is 321. The van der Waals surface area contributed by atoms with Gasteiger partial charge in [0, 0.05) is 6.42 Å². The molecule has 0 amide bonds. The van der Waals surface area contributed by atoms with Crippen LogP contribution in [-0.2, 0) is 9.53 Å². The van der Waals surface area contributed by atoms with Crippen molar-refractivity contribution >= 4 is 5.97 Å². The number of cyclic esters (lactones) is 1. The SMILES string of the molecule is O=C1CC[C@H]([C@@H](O)c2ccccc2)O1. The number of aliphatic hydroxyl groups excluding tert-OH is 1. The van der Waals surface area contributed by atoms with Crippen molar-refractivity contribution in [1.29, 1.82) is 0 Å². The predicted molar refractivity (Wildman–Crippen MR) is 50.5 cm³/mol. The van der Waals surface area contributed by atoms with Crippen LogP contribution in [0.5, 0.6) is 0 Å². The van der Waals surface area contributed by atoms with Gasteiger partial charge in [0.15, 0.2) is 0 Å². The van der Waals surface area contributed by atoms with Crippen LogP contribution in [0.1, 0.15) is 24.5 Å². The highest BCUT2D eigenvalue weighted by molar-refractivity contribution is 5.71. The zero-order valence-corrected chi connectivity index (χ0v) is 7.72. The molecular formula is C11H12O3. The minimum atomic E-state index is -0.692. The van der Waals surface area contributed by atoms with Crippen LogP contribution in [0.2, 0.25) is 0 Å². The Morgan fingerprint density at radius 3 is 2.64 bits per heavy atom. The maximum absolute atomic E-state index is 10.9. The minimum Gasteiger partial charge on any atom is -0.459 e. The van der Waals surface area contributed by atoms with Crippen molar-refractivity contribution in [3.63, 3.8) is 0 Å². The van der Waals surface area contributed by atoms with Crippen LogP contribution in [-0.4, -0.2) is 17.2 Å². The van der Waals surface area contributed by atoms with Gasteiger partial charge in [-0.25, -0.2) is 0 Å². The van der Waals surface area contributed by atoms with Gasteiger partial charge in [-0.15, -0.1) is 0 Å². The van der Waals surface area contributed by atoms with Crippen LogP contribution >= 0.6 is 0 Å². The Balaban J connectivity index is 2.09. The van der Waals surface area contributed by atoms with Gasteiger partial charge in [-0.3, -0.25) is 4.79 Å². The zero-order chi connectivity index (χ0) is 9.97. The van der Waals surface area contributed by atoms with E-state index in [4.69, 9.17) is 4.74 Å². The van der Waals surface area contributed by atoms with E-state index in [0.717, 1.165) is 5.56 Å². The molecule has 1 aliphatic rings. The second kappa shape index (κ2) is 3.80. The molecule has 2 rings (SSSR count). The Morgan fingerprint density at radius 1 is 1.36 bits per heavy atom. The lowest BCUT2D eigenvalue weighted by Gasteiger charge is -2.16. The van der Waals surface area contributed by atoms with E-state index in [1.165, 1.54) is 0 Å². The van der Waals surface area contributed by atoms with Gasteiger partial charge >= 0.3 is 5.97 Å². The fourth-order valence-corrected chi connectivity index (χ4v) is 1.63. The molecule has 1 heterocycles. The molecule has 14 heavy (non-hydrogen) atoms. The Hall–Kier alpha value is -1.35. The average Bonchev–Trinajstić information content (AvgIpc) is 2.65. The van der Waals surface area contributed by atoms with E-state index in [-0.39, 0.29) is 12.1 Å². The van der Waals surface area contributed by atoms with Crippen LogP contribution in [0.15, 0.2) is 30.3 Å². The lowest BCUT2D eigenvalue weighted by atomic mass is 10.0. The van der Waals surface area contributed by atoms with Crippen LogP contribution in [0.25, 0.3) is 0 Å². The van der Waals surface area contributed by atoms with Crippen molar-refractivity contribution in [2.24, 2.45) is 0 Å². The number of carbonyl (C=O) groups excluding carboxylic acids is 1. The molecule has 0 bridgehead atoms. The first kappa shape index (κ1) is 9.21. The molecule has 3 heteroatoms. The topological polar surface area (TPSA) is 46.5 Å². The average molecular weight is 192 g/mol. The number of carbonyl (C=O) groups is 1. The molecule has 0 saturated carbocycles. The van der Waals surface area contributed by atoms with Crippen LogP contribution < -0.4 is 0 Å². The second-order valence-corrected chi connectivity index (χ2v) is 3.42. The van der Waals surface area contributed by atoms with Gasteiger partial charge < -0.3 is 9.84 Å². The standard InChI is InChI=1S/C11H12O3/c12-10-7-6-9(14-10)11(13)8-4-2-1-3-5-8/h1-5,9,11,13H,6-7H2/t9-,11+/m1/s1. The summed E-state index contributed by atoms with van der Waals surface area (Å²) in [4.78, 5) is 10.9. The molecule has 74 valence electrons. The molecule has 1 fully saturated rings. The highest BCUT2D eigenvalue weighted by atomic mass is 16.6. The van der Waals surface area contributed by atoms with Crippen molar-refractivity contribution in [2.75, 3.05) is 0 Å². The minimum absolute atomic E-state index is 0.218. The first-order valence-electron chi connectivity index (χ1n) is 4.70. The summed E-state index contributed by atoms with van der Waals surface area (Å²) in [5.74, 6) is -0.218. The van der Waals surface area contributed by atoms with E-state index in [1.807, 2.05) is 30.3 Å². The van der Waals surface area contributed by atoms with Crippen LogP contribution in [0.4, 0.5) is 0 Å². The van der Waals surface area contributed by atoms with Gasteiger partial charge in [-0.2, -0.15) is 0 Å². The fraction of sp³-hybridized carbons (Fsp3) is 0.364. The van der Waals surface area contributed by atoms with E-state index < -0.39 is 6.10 Å². The summed E-state index contributed by atoms with van der Waals surface area (Å²) < 4.78 is 4.99. The van der Waals surface area contributed by atoms with Gasteiger partial charge in [0.05, 0.1) is 0 Å². The number of hydrogen-bond donors (Lipinski definition) is 1. The third kappa shape index (κ3) is 1.77. The summed E-state index contributed by atoms with van der Waals surface area (Å²) in [6.45, 7) is 0. The maximum atomic E-state index is 10.9. The van der Waals surface area contributed by atoms with Crippen LogP contribution in [0, 0.1) is 0 Å². The Kier molecular flexibility index (Phi) is 2.50. The van der Waals surface area contributed by atoms with Gasteiger partial charge in [0.25, 0.3) is 0 Å². The molecule has 1 N–H and O–H groups in total. The molecule has 1 aromatic rings. The summed E-state index contributed by atoms with van der Waals surface area (Å²) in [6, 6.07) is 9.26. The number of ether oxygens (including phenoxy) is 1. The van der Waals surface area contributed by atoms with Gasteiger partial charge in [0.1, 0.15) is 12.2 Å². The fourth-order valence-electron chi connectivity index (χ4n) is 1.63. The van der Waals surface area contributed by atoms with Crippen molar-refractivity contribution in [3.8, 4) is 0 Å². The number of aliphatic hydroxyl groups is 1. The van der Waals surface area contributed by atoms with Gasteiger partial charge in [-0.1, -0.05) is 30.3 Å². The number of hydrogen-bond acceptors (Lipinski definition) is 3. The molecule has 1 saturated heterocycles. The third-order valence-corrected chi connectivity index (χ3v) is 2.41. The summed E-state index contributed by atoms with van der Waals surface area (Å²) in [6.07, 6.45) is -0.0451. The molecule has 1 aromatic carbocycles. The normalized spacial score (nSPS) is 23.2. The molecule has 1 aliphatic heterocycles. The lowest BCUT2D eigenvalue weighted by molar-refractivity contribution is -0.145. The molecule has 0 unspecified atom stereocenters. The second-order valence-electron chi connectivity index (χ2n) is 3.42. The Morgan fingerprint density at radius 2 is 2.07 bits per heavy atom. The number of esters is 1. The zero-order valence-electron chi connectivity index (χ0n) is 7.72. The summed E-state index contributed by atoms with van der Waals surface area (Å²) in [5.41, 5.74) is 0.798. The first-order valence-corrected chi connectivity index (χ1v) is 4.70. The van der Waals surface area contributed by atoms with Crippen molar-refractivity contribution < 1.29 is 14.6 Å². The smallest absolute Gasteiger partial charge is 0.306 e. The molecular weight excluding hydrogens is 180 g/mol. The molecule has 0 spiro atoms. The molecule has 0 aromatic heterocycles. The lowest BCUT2D eigenvalue weighted by Crippen LogP contribution is -2.17. The van der Waals surface area contributed by atoms with Crippen LogP contribution in [0.3, 0.4) is 0 Å². The van der Waals surface area contributed by atoms with E-state index in [1.54, 1.807) is 0 Å². The van der Waals surface area contributed by atoms with Crippen molar-refractivity contribution in [3.05, 3.63) is 35.9 Å². The number of rotatable bonds is 2. The molecule has 0 aliphatic carbocycles. The molecule has 0 radical (unpaired) electrons. The Labute approximate surface area is 82.3 Å². The summed E-state index contributed by atoms with van der Waals surface area (Å²) in [7, 11) is 0. The van der Waals surface area contributed by atoms with E-state index in [2.05, 4.69) is 0 Å². The highest BCUT2D eigenvalue weighted by Gasteiger charge is 2.30. The quantitative estimate of drug-likeness (QED) is 0.721. The first-order chi connectivity index (χ1) is 6.77.